The van der Waals surface area contributed by atoms with Crippen LogP contribution in [0.3, 0.4) is 0 Å². The third-order valence-corrected chi connectivity index (χ3v) is 3.41. The Labute approximate surface area is 147 Å². The molecule has 25 heavy (non-hydrogen) atoms. The molecular formula is C20H20N2O3. The van der Waals surface area contributed by atoms with Crippen LogP contribution in [0.5, 0.6) is 5.75 Å². The average Bonchev–Trinajstić information content (AvgIpc) is 2.66. The van der Waals surface area contributed by atoms with Gasteiger partial charge in [-0.05, 0) is 17.7 Å². The standard InChI is InChI=1S/C20H20N2O3/c1-24-12-11-22-20(23)18(14-21)13-17-9-5-6-10-19(17)25-15-16-7-3-2-4-8-16/h2-10,13H,11-12,15H2,1H3,(H,22,23). The summed E-state index contributed by atoms with van der Waals surface area (Å²) in [6.45, 7) is 1.15. The van der Waals surface area contributed by atoms with Crippen molar-refractivity contribution in [3.8, 4) is 11.8 Å². The van der Waals surface area contributed by atoms with Crippen molar-refractivity contribution in [2.45, 2.75) is 6.61 Å². The molecule has 1 N–H and O–H groups in total. The fourth-order valence-corrected chi connectivity index (χ4v) is 2.13. The van der Waals surface area contributed by atoms with E-state index in [1.807, 2.05) is 54.6 Å². The number of rotatable bonds is 8. The molecule has 0 saturated carbocycles. The molecule has 0 saturated heterocycles. The number of para-hydroxylation sites is 1. The summed E-state index contributed by atoms with van der Waals surface area (Å²) in [5.74, 6) is 0.182. The zero-order valence-corrected chi connectivity index (χ0v) is 14.1. The molecule has 0 heterocycles. The van der Waals surface area contributed by atoms with Gasteiger partial charge in [-0.2, -0.15) is 5.26 Å². The molecule has 0 aliphatic rings. The molecule has 2 aromatic carbocycles. The van der Waals surface area contributed by atoms with Gasteiger partial charge in [-0.1, -0.05) is 48.5 Å². The van der Waals surface area contributed by atoms with E-state index in [9.17, 15) is 10.1 Å². The number of benzene rings is 2. The van der Waals surface area contributed by atoms with Crippen LogP contribution in [-0.4, -0.2) is 26.2 Å². The first kappa shape index (κ1) is 18.2. The number of ether oxygens (including phenoxy) is 2. The molecule has 2 rings (SSSR count). The van der Waals surface area contributed by atoms with E-state index < -0.39 is 5.91 Å². The SMILES string of the molecule is COCCNC(=O)C(C#N)=Cc1ccccc1OCc1ccccc1. The van der Waals surface area contributed by atoms with Crippen molar-refractivity contribution in [3.63, 3.8) is 0 Å². The average molecular weight is 336 g/mol. The lowest BCUT2D eigenvalue weighted by molar-refractivity contribution is -0.117. The number of nitriles is 1. The van der Waals surface area contributed by atoms with Crippen molar-refractivity contribution >= 4 is 12.0 Å². The maximum atomic E-state index is 12.0. The monoisotopic (exact) mass is 336 g/mol. The van der Waals surface area contributed by atoms with E-state index >= 15 is 0 Å². The zero-order valence-electron chi connectivity index (χ0n) is 14.1. The van der Waals surface area contributed by atoms with E-state index in [2.05, 4.69) is 5.32 Å². The fourth-order valence-electron chi connectivity index (χ4n) is 2.13. The minimum absolute atomic E-state index is 0.0202. The molecule has 5 nitrogen and oxygen atoms in total. The second-order valence-corrected chi connectivity index (χ2v) is 5.23. The highest BCUT2D eigenvalue weighted by atomic mass is 16.5. The van der Waals surface area contributed by atoms with Crippen LogP contribution in [0.4, 0.5) is 0 Å². The Morgan fingerprint density at radius 3 is 2.60 bits per heavy atom. The highest BCUT2D eigenvalue weighted by molar-refractivity contribution is 6.01. The maximum Gasteiger partial charge on any atom is 0.262 e. The number of nitrogens with zero attached hydrogens (tertiary/aromatic N) is 1. The van der Waals surface area contributed by atoms with Gasteiger partial charge in [0.15, 0.2) is 0 Å². The summed E-state index contributed by atoms with van der Waals surface area (Å²) < 4.78 is 10.7. The number of hydrogen-bond acceptors (Lipinski definition) is 4. The predicted molar refractivity (Wildman–Crippen MR) is 95.7 cm³/mol. The molecule has 0 bridgehead atoms. The van der Waals surface area contributed by atoms with Gasteiger partial charge >= 0.3 is 0 Å². The van der Waals surface area contributed by atoms with E-state index in [1.165, 1.54) is 6.08 Å². The first-order valence-electron chi connectivity index (χ1n) is 7.89. The first-order valence-corrected chi connectivity index (χ1v) is 7.89. The van der Waals surface area contributed by atoms with Crippen LogP contribution >= 0.6 is 0 Å². The smallest absolute Gasteiger partial charge is 0.262 e. The lowest BCUT2D eigenvalue weighted by Crippen LogP contribution is -2.27. The third kappa shape index (κ3) is 5.79. The van der Waals surface area contributed by atoms with Crippen LogP contribution in [0, 0.1) is 11.3 Å². The van der Waals surface area contributed by atoms with Gasteiger partial charge < -0.3 is 14.8 Å². The Hall–Kier alpha value is -3.10. The van der Waals surface area contributed by atoms with Crippen LogP contribution < -0.4 is 10.1 Å². The summed E-state index contributed by atoms with van der Waals surface area (Å²) >= 11 is 0. The van der Waals surface area contributed by atoms with Gasteiger partial charge in [-0.3, -0.25) is 4.79 Å². The Bertz CT molecular complexity index is 764. The molecule has 1 amide bonds. The van der Waals surface area contributed by atoms with Crippen LogP contribution in [0.1, 0.15) is 11.1 Å². The normalized spacial score (nSPS) is 10.8. The van der Waals surface area contributed by atoms with Gasteiger partial charge in [0.1, 0.15) is 24.0 Å². The van der Waals surface area contributed by atoms with Gasteiger partial charge in [0, 0.05) is 19.2 Å². The molecule has 128 valence electrons. The number of hydrogen-bond donors (Lipinski definition) is 1. The molecule has 0 spiro atoms. The van der Waals surface area contributed by atoms with E-state index in [4.69, 9.17) is 9.47 Å². The second kappa shape index (κ2) is 9.91. The largest absolute Gasteiger partial charge is 0.488 e. The fraction of sp³-hybridized carbons (Fsp3) is 0.200. The summed E-state index contributed by atoms with van der Waals surface area (Å²) in [4.78, 5) is 12.0. The van der Waals surface area contributed by atoms with E-state index in [0.29, 0.717) is 31.1 Å². The Morgan fingerprint density at radius 2 is 1.88 bits per heavy atom. The summed E-state index contributed by atoms with van der Waals surface area (Å²) in [5, 5.41) is 11.9. The minimum atomic E-state index is -0.433. The van der Waals surface area contributed by atoms with Gasteiger partial charge in [0.25, 0.3) is 5.91 Å². The predicted octanol–water partition coefficient (Wildman–Crippen LogP) is 2.94. The molecule has 2 aromatic rings. The van der Waals surface area contributed by atoms with E-state index in [0.717, 1.165) is 5.56 Å². The van der Waals surface area contributed by atoms with Crippen molar-refractivity contribution in [2.24, 2.45) is 0 Å². The van der Waals surface area contributed by atoms with Crippen molar-refractivity contribution in [1.29, 1.82) is 5.26 Å². The Morgan fingerprint density at radius 1 is 1.16 bits per heavy atom. The van der Waals surface area contributed by atoms with E-state index in [-0.39, 0.29) is 5.57 Å². The molecule has 0 aliphatic heterocycles. The maximum absolute atomic E-state index is 12.0. The number of carbonyl (C=O) groups excluding carboxylic acids is 1. The number of methoxy groups -OCH3 is 1. The molecule has 0 radical (unpaired) electrons. The molecule has 0 fully saturated rings. The highest BCUT2D eigenvalue weighted by Crippen LogP contribution is 2.22. The van der Waals surface area contributed by atoms with E-state index in [1.54, 1.807) is 13.2 Å². The molecular weight excluding hydrogens is 316 g/mol. The van der Waals surface area contributed by atoms with Crippen LogP contribution in [0.25, 0.3) is 6.08 Å². The van der Waals surface area contributed by atoms with Gasteiger partial charge in [-0.15, -0.1) is 0 Å². The second-order valence-electron chi connectivity index (χ2n) is 5.23. The molecule has 0 unspecified atom stereocenters. The van der Waals surface area contributed by atoms with Crippen molar-refractivity contribution in [2.75, 3.05) is 20.3 Å². The summed E-state index contributed by atoms with van der Waals surface area (Å²) in [5.41, 5.74) is 1.74. The lowest BCUT2D eigenvalue weighted by Gasteiger charge is -2.10. The van der Waals surface area contributed by atoms with Gasteiger partial charge in [0.05, 0.1) is 6.61 Å². The molecule has 0 atom stereocenters. The number of amides is 1. The van der Waals surface area contributed by atoms with Crippen LogP contribution in [0.2, 0.25) is 0 Å². The topological polar surface area (TPSA) is 71.3 Å². The van der Waals surface area contributed by atoms with Crippen molar-refractivity contribution < 1.29 is 14.3 Å². The molecule has 0 aliphatic carbocycles. The molecule has 0 aromatic heterocycles. The van der Waals surface area contributed by atoms with Crippen LogP contribution in [0.15, 0.2) is 60.2 Å². The molecule has 5 heteroatoms. The van der Waals surface area contributed by atoms with Gasteiger partial charge in [-0.25, -0.2) is 0 Å². The quantitative estimate of drug-likeness (QED) is 0.457. The number of carbonyl (C=O) groups is 1. The zero-order chi connectivity index (χ0) is 17.9. The van der Waals surface area contributed by atoms with Gasteiger partial charge in [0.2, 0.25) is 0 Å². The summed E-state index contributed by atoms with van der Waals surface area (Å²) in [6, 6.07) is 19.0. The van der Waals surface area contributed by atoms with Crippen LogP contribution in [-0.2, 0) is 16.1 Å². The number of nitrogens with one attached hydrogen (secondary N) is 1. The Balaban J connectivity index is 2.12. The van der Waals surface area contributed by atoms with Crippen molar-refractivity contribution in [1.82, 2.24) is 5.32 Å². The summed E-state index contributed by atoms with van der Waals surface area (Å²) in [7, 11) is 1.55. The summed E-state index contributed by atoms with van der Waals surface area (Å²) in [6.07, 6.45) is 1.53. The lowest BCUT2D eigenvalue weighted by atomic mass is 10.1. The minimum Gasteiger partial charge on any atom is -0.488 e. The third-order valence-electron chi connectivity index (χ3n) is 3.41. The van der Waals surface area contributed by atoms with Crippen molar-refractivity contribution in [3.05, 3.63) is 71.3 Å². The Kier molecular flexibility index (Phi) is 7.23. The first-order chi connectivity index (χ1) is 12.2. The highest BCUT2D eigenvalue weighted by Gasteiger charge is 2.10.